The van der Waals surface area contributed by atoms with E-state index in [1.807, 2.05) is 6.07 Å². The lowest BCUT2D eigenvalue weighted by atomic mass is 10.2. The van der Waals surface area contributed by atoms with Gasteiger partial charge in [0.05, 0.1) is 21.9 Å². The molecular weight excluding hydrogens is 200 g/mol. The Morgan fingerprint density at radius 1 is 1.50 bits per heavy atom. The number of hydrogen-bond acceptors (Lipinski definition) is 4. The zero-order valence-corrected chi connectivity index (χ0v) is 8.50. The van der Waals surface area contributed by atoms with Crippen LogP contribution in [-0.4, -0.2) is 14.2 Å². The van der Waals surface area contributed by atoms with Gasteiger partial charge in [-0.25, -0.2) is 8.42 Å². The van der Waals surface area contributed by atoms with Crippen molar-refractivity contribution in [2.75, 3.05) is 11.5 Å². The van der Waals surface area contributed by atoms with Gasteiger partial charge in [0.2, 0.25) is 0 Å². The van der Waals surface area contributed by atoms with E-state index in [1.54, 1.807) is 0 Å². The Bertz CT molecular complexity index is 486. The summed E-state index contributed by atoms with van der Waals surface area (Å²) in [5.74, 6) is -0.0217. The Morgan fingerprint density at radius 2 is 2.14 bits per heavy atom. The van der Waals surface area contributed by atoms with Gasteiger partial charge in [-0.1, -0.05) is 13.0 Å². The molecule has 2 N–H and O–H groups in total. The molecule has 0 unspecified atom stereocenters. The number of nitrogen functional groups attached to an aromatic ring is 1. The minimum atomic E-state index is -3.34. The summed E-state index contributed by atoms with van der Waals surface area (Å²) < 4.78 is 23.0. The van der Waals surface area contributed by atoms with Crippen molar-refractivity contribution in [2.24, 2.45) is 0 Å². The summed E-state index contributed by atoms with van der Waals surface area (Å²) in [6.45, 7) is 1.54. The number of benzene rings is 1. The first-order chi connectivity index (χ1) is 6.53. The molecule has 0 aromatic heterocycles. The number of sulfone groups is 1. The average molecular weight is 210 g/mol. The molecule has 0 fully saturated rings. The molecule has 0 bridgehead atoms. The van der Waals surface area contributed by atoms with Crippen LogP contribution in [0.25, 0.3) is 0 Å². The lowest BCUT2D eigenvalue weighted by Crippen LogP contribution is -2.08. The van der Waals surface area contributed by atoms with Crippen LogP contribution in [0, 0.1) is 11.3 Å². The Kier molecular flexibility index (Phi) is 2.77. The van der Waals surface area contributed by atoms with Crippen LogP contribution in [-0.2, 0) is 9.84 Å². The maximum absolute atomic E-state index is 11.5. The van der Waals surface area contributed by atoms with E-state index in [2.05, 4.69) is 0 Å². The minimum absolute atomic E-state index is 0.0217. The fourth-order valence-corrected chi connectivity index (χ4v) is 2.11. The summed E-state index contributed by atoms with van der Waals surface area (Å²) in [4.78, 5) is 0.0408. The van der Waals surface area contributed by atoms with Crippen molar-refractivity contribution in [2.45, 2.75) is 11.8 Å². The first kappa shape index (κ1) is 10.5. The van der Waals surface area contributed by atoms with Crippen molar-refractivity contribution in [1.29, 1.82) is 5.26 Å². The highest BCUT2D eigenvalue weighted by Gasteiger charge is 2.16. The number of rotatable bonds is 2. The van der Waals surface area contributed by atoms with E-state index in [-0.39, 0.29) is 21.9 Å². The summed E-state index contributed by atoms with van der Waals surface area (Å²) in [6, 6.07) is 6.26. The molecule has 0 atom stereocenters. The van der Waals surface area contributed by atoms with Gasteiger partial charge in [-0.2, -0.15) is 5.26 Å². The molecule has 74 valence electrons. The lowest BCUT2D eigenvalue weighted by Gasteiger charge is -2.05. The van der Waals surface area contributed by atoms with Crippen molar-refractivity contribution in [3.63, 3.8) is 0 Å². The molecule has 0 heterocycles. The van der Waals surface area contributed by atoms with Crippen LogP contribution < -0.4 is 5.73 Å². The van der Waals surface area contributed by atoms with Gasteiger partial charge in [-0.3, -0.25) is 0 Å². The highest BCUT2D eigenvalue weighted by Crippen LogP contribution is 2.22. The molecule has 0 spiro atoms. The fraction of sp³-hybridized carbons (Fsp3) is 0.222. The normalized spacial score (nSPS) is 10.9. The summed E-state index contributed by atoms with van der Waals surface area (Å²) in [7, 11) is -3.34. The predicted octanol–water partition coefficient (Wildman–Crippen LogP) is 0.934. The van der Waals surface area contributed by atoms with Crippen LogP contribution in [0.2, 0.25) is 0 Å². The molecule has 4 nitrogen and oxygen atoms in total. The number of para-hydroxylation sites is 1. The molecule has 14 heavy (non-hydrogen) atoms. The average Bonchev–Trinajstić information content (AvgIpc) is 2.18. The van der Waals surface area contributed by atoms with Gasteiger partial charge in [0, 0.05) is 0 Å². The van der Waals surface area contributed by atoms with E-state index >= 15 is 0 Å². The monoisotopic (exact) mass is 210 g/mol. The van der Waals surface area contributed by atoms with Gasteiger partial charge in [0.15, 0.2) is 9.84 Å². The third-order valence-corrected chi connectivity index (χ3v) is 3.69. The summed E-state index contributed by atoms with van der Waals surface area (Å²) in [5, 5.41) is 8.66. The second-order valence-electron chi connectivity index (χ2n) is 2.73. The first-order valence-corrected chi connectivity index (χ1v) is 5.69. The van der Waals surface area contributed by atoms with Crippen molar-refractivity contribution in [1.82, 2.24) is 0 Å². The molecule has 0 radical (unpaired) electrons. The van der Waals surface area contributed by atoms with Gasteiger partial charge < -0.3 is 5.73 Å². The smallest absolute Gasteiger partial charge is 0.180 e. The van der Waals surface area contributed by atoms with Crippen molar-refractivity contribution in [3.8, 4) is 6.07 Å². The van der Waals surface area contributed by atoms with E-state index in [0.29, 0.717) is 0 Å². The molecule has 1 aromatic carbocycles. The van der Waals surface area contributed by atoms with E-state index in [9.17, 15) is 8.42 Å². The van der Waals surface area contributed by atoms with E-state index in [4.69, 9.17) is 11.0 Å². The van der Waals surface area contributed by atoms with Crippen LogP contribution in [0.5, 0.6) is 0 Å². The topological polar surface area (TPSA) is 84.0 Å². The van der Waals surface area contributed by atoms with Gasteiger partial charge in [-0.05, 0) is 12.1 Å². The first-order valence-electron chi connectivity index (χ1n) is 4.04. The zero-order chi connectivity index (χ0) is 10.8. The maximum atomic E-state index is 11.5. The van der Waals surface area contributed by atoms with Crippen molar-refractivity contribution < 1.29 is 8.42 Å². The highest BCUT2D eigenvalue weighted by atomic mass is 32.2. The van der Waals surface area contributed by atoms with Crippen molar-refractivity contribution in [3.05, 3.63) is 23.8 Å². The Morgan fingerprint density at radius 3 is 2.64 bits per heavy atom. The number of hydrogen-bond donors (Lipinski definition) is 1. The van der Waals surface area contributed by atoms with E-state index in [1.165, 1.54) is 25.1 Å². The molecule has 5 heteroatoms. The van der Waals surface area contributed by atoms with Crippen molar-refractivity contribution >= 4 is 15.5 Å². The summed E-state index contributed by atoms with van der Waals surface area (Å²) in [5.41, 5.74) is 5.79. The molecule has 1 rings (SSSR count). The Labute approximate surface area is 82.9 Å². The second kappa shape index (κ2) is 3.68. The molecule has 0 aliphatic carbocycles. The highest BCUT2D eigenvalue weighted by molar-refractivity contribution is 7.91. The molecule has 1 aromatic rings. The molecule has 0 aliphatic heterocycles. The van der Waals surface area contributed by atoms with Gasteiger partial charge >= 0.3 is 0 Å². The molecule has 0 amide bonds. The third-order valence-electron chi connectivity index (χ3n) is 1.90. The largest absolute Gasteiger partial charge is 0.397 e. The molecule has 0 saturated heterocycles. The number of nitrogens with two attached hydrogens (primary N) is 1. The Balaban J connectivity index is 3.47. The lowest BCUT2D eigenvalue weighted by molar-refractivity contribution is 0.597. The second-order valence-corrected chi connectivity index (χ2v) is 4.98. The van der Waals surface area contributed by atoms with Crippen LogP contribution in [0.4, 0.5) is 5.69 Å². The van der Waals surface area contributed by atoms with Gasteiger partial charge in [-0.15, -0.1) is 0 Å². The fourth-order valence-electron chi connectivity index (χ4n) is 1.07. The van der Waals surface area contributed by atoms with Crippen LogP contribution in [0.1, 0.15) is 12.5 Å². The summed E-state index contributed by atoms with van der Waals surface area (Å²) in [6.07, 6.45) is 0. The van der Waals surface area contributed by atoms with Crippen LogP contribution >= 0.6 is 0 Å². The van der Waals surface area contributed by atoms with Gasteiger partial charge in [0.25, 0.3) is 0 Å². The zero-order valence-electron chi connectivity index (χ0n) is 7.69. The number of nitrogens with zero attached hydrogens (tertiary/aromatic N) is 1. The number of nitriles is 1. The maximum Gasteiger partial charge on any atom is 0.180 e. The molecule has 0 saturated carbocycles. The van der Waals surface area contributed by atoms with Gasteiger partial charge in [0.1, 0.15) is 6.07 Å². The molecular formula is C9H10N2O2S. The van der Waals surface area contributed by atoms with Crippen LogP contribution in [0.3, 0.4) is 0 Å². The SMILES string of the molecule is CCS(=O)(=O)c1cccc(C#N)c1N. The van der Waals surface area contributed by atoms with Crippen LogP contribution in [0.15, 0.2) is 23.1 Å². The summed E-state index contributed by atoms with van der Waals surface area (Å²) >= 11 is 0. The predicted molar refractivity (Wildman–Crippen MR) is 53.3 cm³/mol. The quantitative estimate of drug-likeness (QED) is 0.736. The van der Waals surface area contributed by atoms with E-state index in [0.717, 1.165) is 0 Å². The number of anilines is 1. The van der Waals surface area contributed by atoms with E-state index < -0.39 is 9.84 Å². The minimum Gasteiger partial charge on any atom is -0.397 e. The standard InChI is InChI=1S/C9H10N2O2S/c1-2-14(12,13)8-5-3-4-7(6-10)9(8)11/h3-5H,2,11H2,1H3. The molecule has 0 aliphatic rings. The third kappa shape index (κ3) is 1.70. The Hall–Kier alpha value is -1.54.